The predicted octanol–water partition coefficient (Wildman–Crippen LogP) is 0.368. The Bertz CT molecular complexity index is 474. The Kier molecular flexibility index (Phi) is 4.59. The van der Waals surface area contributed by atoms with Crippen molar-refractivity contribution in [3.8, 4) is 5.75 Å². The highest BCUT2D eigenvalue weighted by Crippen LogP contribution is 2.24. The van der Waals surface area contributed by atoms with Gasteiger partial charge in [0.2, 0.25) is 10.0 Å². The van der Waals surface area contributed by atoms with E-state index in [2.05, 4.69) is 5.32 Å². The fourth-order valence-corrected chi connectivity index (χ4v) is 1.87. The number of methoxy groups -OCH3 is 1. The standard InChI is InChI=1S/C10H17N3O3S/c1-16-10-7-8(3-4-9(10)11)13-5-2-6-17(12,14)15/h3-4,7,13H,2,5-6,11H2,1H3,(H2,12,14,15). The van der Waals surface area contributed by atoms with Gasteiger partial charge >= 0.3 is 0 Å². The molecule has 0 spiro atoms. The molecule has 0 bridgehead atoms. The van der Waals surface area contributed by atoms with Crippen LogP contribution < -0.4 is 20.9 Å². The fraction of sp³-hybridized carbons (Fsp3) is 0.400. The van der Waals surface area contributed by atoms with Crippen molar-refractivity contribution in [2.24, 2.45) is 5.14 Å². The number of hydrogen-bond donors (Lipinski definition) is 3. The highest BCUT2D eigenvalue weighted by Gasteiger charge is 2.03. The quantitative estimate of drug-likeness (QED) is 0.505. The molecule has 0 amide bonds. The average molecular weight is 259 g/mol. The SMILES string of the molecule is COc1cc(NCCCS(N)(=O)=O)ccc1N. The van der Waals surface area contributed by atoms with Crippen LogP contribution in [-0.2, 0) is 10.0 Å². The van der Waals surface area contributed by atoms with Crippen molar-refractivity contribution >= 4 is 21.4 Å². The Morgan fingerprint density at radius 3 is 2.71 bits per heavy atom. The van der Waals surface area contributed by atoms with E-state index in [0.717, 1.165) is 5.69 Å². The van der Waals surface area contributed by atoms with Crippen molar-refractivity contribution in [1.82, 2.24) is 0 Å². The van der Waals surface area contributed by atoms with Crippen molar-refractivity contribution in [1.29, 1.82) is 0 Å². The average Bonchev–Trinajstić information content (AvgIpc) is 2.25. The second-order valence-electron chi connectivity index (χ2n) is 3.60. The summed E-state index contributed by atoms with van der Waals surface area (Å²) in [6.45, 7) is 0.517. The molecule has 0 unspecified atom stereocenters. The van der Waals surface area contributed by atoms with Crippen LogP contribution in [0.4, 0.5) is 11.4 Å². The lowest BCUT2D eigenvalue weighted by molar-refractivity contribution is 0.417. The van der Waals surface area contributed by atoms with Crippen LogP contribution in [0.1, 0.15) is 6.42 Å². The number of ether oxygens (including phenoxy) is 1. The van der Waals surface area contributed by atoms with Gasteiger partial charge in [-0.3, -0.25) is 0 Å². The summed E-state index contributed by atoms with van der Waals surface area (Å²) in [5.74, 6) is 0.549. The van der Waals surface area contributed by atoms with Crippen LogP contribution in [0, 0.1) is 0 Å². The summed E-state index contributed by atoms with van der Waals surface area (Å²) in [7, 11) is -1.84. The third-order valence-corrected chi connectivity index (χ3v) is 3.03. The molecule has 1 aromatic carbocycles. The summed E-state index contributed by atoms with van der Waals surface area (Å²) < 4.78 is 26.5. The Balaban J connectivity index is 2.47. The first kappa shape index (κ1) is 13.6. The molecule has 0 aliphatic carbocycles. The van der Waals surface area contributed by atoms with Crippen molar-refractivity contribution < 1.29 is 13.2 Å². The first-order valence-corrected chi connectivity index (χ1v) is 6.82. The zero-order valence-electron chi connectivity index (χ0n) is 9.64. The van der Waals surface area contributed by atoms with Crippen molar-refractivity contribution in [3.63, 3.8) is 0 Å². The van der Waals surface area contributed by atoms with E-state index in [1.807, 2.05) is 0 Å². The number of nitrogens with two attached hydrogens (primary N) is 2. The molecule has 0 aliphatic heterocycles. The predicted molar refractivity (Wildman–Crippen MR) is 68.5 cm³/mol. The number of benzene rings is 1. The van der Waals surface area contributed by atoms with Gasteiger partial charge in [-0.05, 0) is 18.6 Å². The zero-order chi connectivity index (χ0) is 12.9. The van der Waals surface area contributed by atoms with Crippen LogP contribution in [-0.4, -0.2) is 27.8 Å². The van der Waals surface area contributed by atoms with E-state index in [9.17, 15) is 8.42 Å². The number of sulfonamides is 1. The summed E-state index contributed by atoms with van der Waals surface area (Å²) in [5.41, 5.74) is 7.05. The second-order valence-corrected chi connectivity index (χ2v) is 5.34. The van der Waals surface area contributed by atoms with Crippen LogP contribution in [0.2, 0.25) is 0 Å². The van der Waals surface area contributed by atoms with Crippen LogP contribution >= 0.6 is 0 Å². The number of rotatable bonds is 6. The minimum Gasteiger partial charge on any atom is -0.495 e. The zero-order valence-corrected chi connectivity index (χ0v) is 10.5. The number of primary sulfonamides is 1. The molecule has 1 aromatic rings. The third kappa shape index (κ3) is 4.92. The summed E-state index contributed by atoms with van der Waals surface area (Å²) in [5, 5.41) is 7.95. The molecule has 0 aromatic heterocycles. The third-order valence-electron chi connectivity index (χ3n) is 2.17. The number of nitrogen functional groups attached to an aromatic ring is 1. The van der Waals surface area contributed by atoms with Gasteiger partial charge in [0.25, 0.3) is 0 Å². The number of hydrogen-bond acceptors (Lipinski definition) is 5. The minimum absolute atomic E-state index is 0.0356. The maximum atomic E-state index is 10.7. The Morgan fingerprint density at radius 1 is 1.41 bits per heavy atom. The molecule has 7 heteroatoms. The Labute approximate surface area is 101 Å². The van der Waals surface area contributed by atoms with E-state index in [0.29, 0.717) is 24.4 Å². The molecule has 0 heterocycles. The molecule has 5 N–H and O–H groups in total. The smallest absolute Gasteiger partial charge is 0.209 e. The van der Waals surface area contributed by atoms with Gasteiger partial charge in [-0.15, -0.1) is 0 Å². The Morgan fingerprint density at radius 2 is 2.12 bits per heavy atom. The van der Waals surface area contributed by atoms with Gasteiger partial charge in [0.05, 0.1) is 18.6 Å². The summed E-state index contributed by atoms with van der Waals surface area (Å²) in [6, 6.07) is 5.28. The van der Waals surface area contributed by atoms with Crippen molar-refractivity contribution in [2.45, 2.75) is 6.42 Å². The van der Waals surface area contributed by atoms with E-state index in [1.54, 1.807) is 18.2 Å². The van der Waals surface area contributed by atoms with Gasteiger partial charge in [-0.2, -0.15) is 0 Å². The first-order valence-electron chi connectivity index (χ1n) is 5.10. The van der Waals surface area contributed by atoms with Crippen molar-refractivity contribution in [2.75, 3.05) is 30.5 Å². The lowest BCUT2D eigenvalue weighted by atomic mass is 10.2. The molecule has 0 saturated heterocycles. The van der Waals surface area contributed by atoms with Crippen LogP contribution in [0.15, 0.2) is 18.2 Å². The van der Waals surface area contributed by atoms with Gasteiger partial charge < -0.3 is 15.8 Å². The first-order chi connectivity index (χ1) is 7.92. The highest BCUT2D eigenvalue weighted by molar-refractivity contribution is 7.89. The molecule has 6 nitrogen and oxygen atoms in total. The molecule has 17 heavy (non-hydrogen) atoms. The van der Waals surface area contributed by atoms with E-state index in [1.165, 1.54) is 7.11 Å². The number of anilines is 2. The summed E-state index contributed by atoms with van der Waals surface area (Å²) in [4.78, 5) is 0. The fourth-order valence-electron chi connectivity index (χ4n) is 1.33. The minimum atomic E-state index is -3.38. The highest BCUT2D eigenvalue weighted by atomic mass is 32.2. The van der Waals surface area contributed by atoms with E-state index >= 15 is 0 Å². The lowest BCUT2D eigenvalue weighted by Gasteiger charge is -2.09. The van der Waals surface area contributed by atoms with Crippen LogP contribution in [0.25, 0.3) is 0 Å². The number of nitrogens with one attached hydrogen (secondary N) is 1. The molecule has 0 radical (unpaired) electrons. The maximum Gasteiger partial charge on any atom is 0.209 e. The van der Waals surface area contributed by atoms with Crippen LogP contribution in [0.3, 0.4) is 0 Å². The van der Waals surface area contributed by atoms with E-state index < -0.39 is 10.0 Å². The van der Waals surface area contributed by atoms with Gasteiger partial charge in [0.15, 0.2) is 0 Å². The molecule has 0 atom stereocenters. The molecule has 1 rings (SSSR count). The molecule has 0 fully saturated rings. The molecular formula is C10H17N3O3S. The normalized spacial score (nSPS) is 11.2. The van der Waals surface area contributed by atoms with Gasteiger partial charge in [0.1, 0.15) is 5.75 Å². The van der Waals surface area contributed by atoms with E-state index in [-0.39, 0.29) is 5.75 Å². The topological polar surface area (TPSA) is 107 Å². The van der Waals surface area contributed by atoms with Gasteiger partial charge in [0, 0.05) is 18.3 Å². The monoisotopic (exact) mass is 259 g/mol. The van der Waals surface area contributed by atoms with Crippen molar-refractivity contribution in [3.05, 3.63) is 18.2 Å². The Hall–Kier alpha value is -1.47. The second kappa shape index (κ2) is 5.74. The molecule has 0 aliphatic rings. The molecular weight excluding hydrogens is 242 g/mol. The van der Waals surface area contributed by atoms with Gasteiger partial charge in [-0.25, -0.2) is 13.6 Å². The summed E-state index contributed by atoms with van der Waals surface area (Å²) >= 11 is 0. The van der Waals surface area contributed by atoms with Crippen LogP contribution in [0.5, 0.6) is 5.75 Å². The maximum absolute atomic E-state index is 10.7. The van der Waals surface area contributed by atoms with E-state index in [4.69, 9.17) is 15.6 Å². The largest absolute Gasteiger partial charge is 0.495 e. The molecule has 0 saturated carbocycles. The molecule has 96 valence electrons. The summed E-state index contributed by atoms with van der Waals surface area (Å²) in [6.07, 6.45) is 0.450. The van der Waals surface area contributed by atoms with Gasteiger partial charge in [-0.1, -0.05) is 0 Å². The lowest BCUT2D eigenvalue weighted by Crippen LogP contribution is -2.18.